The molecule has 29 heavy (non-hydrogen) atoms. The lowest BCUT2D eigenvalue weighted by Crippen LogP contribution is -2.25. The molecule has 0 saturated carbocycles. The maximum Gasteiger partial charge on any atom is 0.0481 e. The Hall–Kier alpha value is -2.56. The fraction of sp³-hybridized carbons (Fsp3) is 0.360. The molecule has 152 valence electrons. The molecular weight excluding hydrogens is 356 g/mol. The predicted molar refractivity (Wildman–Crippen MR) is 123 cm³/mol. The van der Waals surface area contributed by atoms with Crippen LogP contribution in [0.25, 0.3) is 21.8 Å². The molecule has 2 aromatic carbocycles. The van der Waals surface area contributed by atoms with Gasteiger partial charge in [-0.05, 0) is 56.9 Å². The molecule has 0 aliphatic heterocycles. The van der Waals surface area contributed by atoms with Crippen LogP contribution in [0.3, 0.4) is 0 Å². The third kappa shape index (κ3) is 4.24. The van der Waals surface area contributed by atoms with Crippen molar-refractivity contribution in [1.29, 1.82) is 0 Å². The summed E-state index contributed by atoms with van der Waals surface area (Å²) in [6, 6.07) is 17.3. The number of fused-ring (bicyclic) bond motifs is 2. The lowest BCUT2D eigenvalue weighted by molar-refractivity contribution is 0.271. The highest BCUT2D eigenvalue weighted by atomic mass is 15.1. The van der Waals surface area contributed by atoms with E-state index in [0.717, 1.165) is 26.2 Å². The summed E-state index contributed by atoms with van der Waals surface area (Å²) in [5.41, 5.74) is 5.45. The molecule has 4 nitrogen and oxygen atoms in total. The fourth-order valence-electron chi connectivity index (χ4n) is 4.45. The highest BCUT2D eigenvalue weighted by molar-refractivity contribution is 5.84. The van der Waals surface area contributed by atoms with Crippen molar-refractivity contribution >= 4 is 21.8 Å². The molecule has 0 N–H and O–H groups in total. The molecule has 2 aromatic heterocycles. The SMILES string of the molecule is CN(CCCN(C)Cc1cn(C)c2ccccc12)Cc1cn(C)c2ccccc12. The third-order valence-corrected chi connectivity index (χ3v) is 5.92. The first kappa shape index (κ1) is 19.7. The second-order valence-electron chi connectivity index (χ2n) is 8.39. The largest absolute Gasteiger partial charge is 0.350 e. The Morgan fingerprint density at radius 2 is 1.07 bits per heavy atom. The van der Waals surface area contributed by atoms with Gasteiger partial charge in [-0.1, -0.05) is 36.4 Å². The van der Waals surface area contributed by atoms with Gasteiger partial charge in [0, 0.05) is 61.4 Å². The molecule has 0 fully saturated rings. The number of aromatic nitrogens is 2. The predicted octanol–water partition coefficient (Wildman–Crippen LogP) is 4.62. The Labute approximate surface area is 173 Å². The van der Waals surface area contributed by atoms with Crippen LogP contribution in [0.2, 0.25) is 0 Å². The standard InChI is InChI=1S/C25H32N4/c1-26(16-20-18-28(3)24-12-7-5-10-22(20)24)14-9-15-27(2)17-21-19-29(4)25-13-8-6-11-23(21)25/h5-8,10-13,18-19H,9,14-17H2,1-4H3. The number of hydrogen-bond donors (Lipinski definition) is 0. The molecule has 0 amide bonds. The van der Waals surface area contributed by atoms with Gasteiger partial charge in [-0.25, -0.2) is 0 Å². The van der Waals surface area contributed by atoms with E-state index in [0.29, 0.717) is 0 Å². The summed E-state index contributed by atoms with van der Waals surface area (Å²) in [7, 11) is 8.72. The minimum atomic E-state index is 0.994. The van der Waals surface area contributed by atoms with Crippen molar-refractivity contribution in [2.45, 2.75) is 19.5 Å². The summed E-state index contributed by atoms with van der Waals surface area (Å²) in [4.78, 5) is 4.88. The zero-order valence-electron chi connectivity index (χ0n) is 18.1. The van der Waals surface area contributed by atoms with Crippen molar-refractivity contribution in [2.24, 2.45) is 14.1 Å². The minimum Gasteiger partial charge on any atom is -0.350 e. The van der Waals surface area contributed by atoms with Crippen molar-refractivity contribution in [3.05, 3.63) is 72.1 Å². The molecule has 0 saturated heterocycles. The van der Waals surface area contributed by atoms with E-state index in [9.17, 15) is 0 Å². The van der Waals surface area contributed by atoms with E-state index in [4.69, 9.17) is 0 Å². The van der Waals surface area contributed by atoms with E-state index in [1.807, 2.05) is 0 Å². The van der Waals surface area contributed by atoms with Crippen molar-refractivity contribution < 1.29 is 0 Å². The van der Waals surface area contributed by atoms with E-state index < -0.39 is 0 Å². The van der Waals surface area contributed by atoms with E-state index in [-0.39, 0.29) is 0 Å². The molecule has 0 aliphatic carbocycles. The zero-order chi connectivity index (χ0) is 20.4. The van der Waals surface area contributed by atoms with Gasteiger partial charge >= 0.3 is 0 Å². The number of aryl methyl sites for hydroxylation is 2. The highest BCUT2D eigenvalue weighted by Crippen LogP contribution is 2.22. The highest BCUT2D eigenvalue weighted by Gasteiger charge is 2.10. The average molecular weight is 389 g/mol. The topological polar surface area (TPSA) is 16.3 Å². The average Bonchev–Trinajstić information content (AvgIpc) is 3.19. The number of hydrogen-bond acceptors (Lipinski definition) is 2. The van der Waals surface area contributed by atoms with Gasteiger partial charge in [-0.3, -0.25) is 0 Å². The Morgan fingerprint density at radius 1 is 0.655 bits per heavy atom. The molecular formula is C25H32N4. The van der Waals surface area contributed by atoms with Crippen LogP contribution in [-0.4, -0.2) is 46.1 Å². The van der Waals surface area contributed by atoms with Crippen molar-refractivity contribution in [3.63, 3.8) is 0 Å². The second-order valence-corrected chi connectivity index (χ2v) is 8.39. The molecule has 0 atom stereocenters. The zero-order valence-corrected chi connectivity index (χ0v) is 18.1. The summed E-state index contributed by atoms with van der Waals surface area (Å²) in [5, 5.41) is 2.74. The summed E-state index contributed by atoms with van der Waals surface area (Å²) in [6.45, 7) is 4.19. The minimum absolute atomic E-state index is 0.994. The van der Waals surface area contributed by atoms with Gasteiger partial charge in [-0.15, -0.1) is 0 Å². The smallest absolute Gasteiger partial charge is 0.0481 e. The quantitative estimate of drug-likeness (QED) is 0.438. The van der Waals surface area contributed by atoms with Crippen LogP contribution in [0.15, 0.2) is 60.9 Å². The van der Waals surface area contributed by atoms with Crippen molar-refractivity contribution in [1.82, 2.24) is 18.9 Å². The first-order valence-electron chi connectivity index (χ1n) is 10.5. The lowest BCUT2D eigenvalue weighted by Gasteiger charge is -2.20. The van der Waals surface area contributed by atoms with Gasteiger partial charge in [0.15, 0.2) is 0 Å². The van der Waals surface area contributed by atoms with Crippen molar-refractivity contribution in [2.75, 3.05) is 27.2 Å². The molecule has 4 heteroatoms. The monoisotopic (exact) mass is 388 g/mol. The van der Waals surface area contributed by atoms with E-state index in [1.54, 1.807) is 0 Å². The van der Waals surface area contributed by atoms with Crippen LogP contribution in [0.1, 0.15) is 17.5 Å². The number of benzene rings is 2. The van der Waals surface area contributed by atoms with Gasteiger partial charge in [0.05, 0.1) is 0 Å². The van der Waals surface area contributed by atoms with Gasteiger partial charge < -0.3 is 18.9 Å². The number of rotatable bonds is 8. The van der Waals surface area contributed by atoms with Crippen molar-refractivity contribution in [3.8, 4) is 0 Å². The van der Waals surface area contributed by atoms with E-state index in [1.165, 1.54) is 39.4 Å². The van der Waals surface area contributed by atoms with Gasteiger partial charge in [0.2, 0.25) is 0 Å². The van der Waals surface area contributed by atoms with Crippen LogP contribution in [-0.2, 0) is 27.2 Å². The Bertz CT molecular complexity index is 1020. The summed E-state index contributed by atoms with van der Waals surface area (Å²) < 4.78 is 4.47. The number of para-hydroxylation sites is 2. The van der Waals surface area contributed by atoms with Crippen LogP contribution in [0.4, 0.5) is 0 Å². The molecule has 4 rings (SSSR count). The molecule has 4 aromatic rings. The van der Waals surface area contributed by atoms with Gasteiger partial charge in [0.1, 0.15) is 0 Å². The number of nitrogens with zero attached hydrogens (tertiary/aromatic N) is 4. The third-order valence-electron chi connectivity index (χ3n) is 5.92. The molecule has 0 unspecified atom stereocenters. The van der Waals surface area contributed by atoms with Gasteiger partial charge in [0.25, 0.3) is 0 Å². The Kier molecular flexibility index (Phi) is 5.74. The normalized spacial score (nSPS) is 12.1. The molecule has 2 heterocycles. The first-order valence-corrected chi connectivity index (χ1v) is 10.5. The van der Waals surface area contributed by atoms with Crippen LogP contribution >= 0.6 is 0 Å². The molecule has 0 bridgehead atoms. The summed E-state index contributed by atoms with van der Waals surface area (Å²) in [6.07, 6.45) is 5.71. The second kappa shape index (κ2) is 8.44. The Morgan fingerprint density at radius 3 is 1.52 bits per heavy atom. The molecule has 0 aliphatic rings. The maximum atomic E-state index is 2.44. The summed E-state index contributed by atoms with van der Waals surface area (Å²) in [5.74, 6) is 0. The Balaban J connectivity index is 1.30. The summed E-state index contributed by atoms with van der Waals surface area (Å²) >= 11 is 0. The first-order chi connectivity index (χ1) is 14.0. The van der Waals surface area contributed by atoms with Crippen LogP contribution in [0.5, 0.6) is 0 Å². The maximum absolute atomic E-state index is 2.44. The van der Waals surface area contributed by atoms with Gasteiger partial charge in [-0.2, -0.15) is 0 Å². The van der Waals surface area contributed by atoms with Crippen LogP contribution in [0, 0.1) is 0 Å². The molecule has 0 spiro atoms. The lowest BCUT2D eigenvalue weighted by atomic mass is 10.1. The van der Waals surface area contributed by atoms with E-state index >= 15 is 0 Å². The molecule has 0 radical (unpaired) electrons. The fourth-order valence-corrected chi connectivity index (χ4v) is 4.45. The van der Waals surface area contributed by atoms with E-state index in [2.05, 4.69) is 108 Å². The van der Waals surface area contributed by atoms with Crippen LogP contribution < -0.4 is 0 Å².